The zero-order valence-electron chi connectivity index (χ0n) is 10.9. The average molecular weight is 244 g/mol. The molecular formula is C12H24N2O3. The summed E-state index contributed by atoms with van der Waals surface area (Å²) in [4.78, 5) is 12.8. The maximum atomic E-state index is 11.3. The van der Waals surface area contributed by atoms with Crippen LogP contribution in [0.2, 0.25) is 0 Å². The second-order valence-corrected chi connectivity index (χ2v) is 5.98. The van der Waals surface area contributed by atoms with Crippen molar-refractivity contribution in [3.05, 3.63) is 0 Å². The Bertz CT molecular complexity index is 278. The highest BCUT2D eigenvalue weighted by Gasteiger charge is 2.39. The summed E-state index contributed by atoms with van der Waals surface area (Å²) < 4.78 is 0. The number of carboxylic acid groups (broad SMARTS) is 1. The zero-order chi connectivity index (χ0) is 13.3. The number of aliphatic hydroxyl groups is 1. The third-order valence-electron chi connectivity index (χ3n) is 3.56. The molecule has 1 aliphatic carbocycles. The molecule has 1 fully saturated rings. The highest BCUT2D eigenvalue weighted by atomic mass is 16.4. The Morgan fingerprint density at radius 2 is 1.88 bits per heavy atom. The molecule has 4 N–H and O–H groups in total. The minimum Gasteiger partial charge on any atom is -0.465 e. The van der Waals surface area contributed by atoms with Gasteiger partial charge in [-0.25, -0.2) is 4.79 Å². The van der Waals surface area contributed by atoms with Crippen molar-refractivity contribution < 1.29 is 15.0 Å². The summed E-state index contributed by atoms with van der Waals surface area (Å²) in [7, 11) is 0. The Labute approximate surface area is 103 Å². The molecule has 5 nitrogen and oxygen atoms in total. The lowest BCUT2D eigenvalue weighted by atomic mass is 9.80. The van der Waals surface area contributed by atoms with Gasteiger partial charge in [0.25, 0.3) is 0 Å². The van der Waals surface area contributed by atoms with Crippen LogP contribution >= 0.6 is 0 Å². The molecule has 0 saturated heterocycles. The number of amides is 1. The zero-order valence-corrected chi connectivity index (χ0v) is 10.9. The third kappa shape index (κ3) is 3.33. The van der Waals surface area contributed by atoms with Gasteiger partial charge in [0.2, 0.25) is 0 Å². The van der Waals surface area contributed by atoms with E-state index in [0.29, 0.717) is 25.7 Å². The summed E-state index contributed by atoms with van der Waals surface area (Å²) >= 11 is 0. The molecule has 1 aliphatic rings. The summed E-state index contributed by atoms with van der Waals surface area (Å²) in [5, 5.41) is 19.3. The van der Waals surface area contributed by atoms with E-state index >= 15 is 0 Å². The Morgan fingerprint density at radius 1 is 1.41 bits per heavy atom. The lowest BCUT2D eigenvalue weighted by Gasteiger charge is -2.44. The van der Waals surface area contributed by atoms with Crippen LogP contribution in [-0.4, -0.2) is 44.9 Å². The molecule has 0 aliphatic heterocycles. The van der Waals surface area contributed by atoms with Crippen LogP contribution in [-0.2, 0) is 0 Å². The van der Waals surface area contributed by atoms with Gasteiger partial charge in [-0.3, -0.25) is 0 Å². The van der Waals surface area contributed by atoms with E-state index in [4.69, 9.17) is 5.73 Å². The van der Waals surface area contributed by atoms with Gasteiger partial charge in [0.05, 0.1) is 5.60 Å². The summed E-state index contributed by atoms with van der Waals surface area (Å²) in [6.45, 7) is 5.93. The smallest absolute Gasteiger partial charge is 0.407 e. The first-order valence-corrected chi connectivity index (χ1v) is 6.14. The van der Waals surface area contributed by atoms with Gasteiger partial charge in [-0.05, 0) is 46.5 Å². The normalized spacial score (nSPS) is 30.1. The molecule has 0 bridgehead atoms. The predicted molar refractivity (Wildman–Crippen MR) is 65.9 cm³/mol. The molecule has 0 atom stereocenters. The topological polar surface area (TPSA) is 86.8 Å². The molecule has 1 rings (SSSR count). The maximum Gasteiger partial charge on any atom is 0.407 e. The second kappa shape index (κ2) is 4.82. The molecular weight excluding hydrogens is 220 g/mol. The number of carbonyl (C=O) groups is 1. The summed E-state index contributed by atoms with van der Waals surface area (Å²) in [5.41, 5.74) is 4.32. The van der Waals surface area contributed by atoms with Gasteiger partial charge in [0.15, 0.2) is 0 Å². The Hall–Kier alpha value is -0.810. The first-order chi connectivity index (χ1) is 7.69. The van der Waals surface area contributed by atoms with Crippen LogP contribution < -0.4 is 5.73 Å². The Morgan fingerprint density at radius 3 is 2.18 bits per heavy atom. The molecule has 17 heavy (non-hydrogen) atoms. The van der Waals surface area contributed by atoms with Crippen molar-refractivity contribution in [2.45, 2.75) is 63.6 Å². The van der Waals surface area contributed by atoms with Crippen LogP contribution in [0.4, 0.5) is 4.79 Å². The fourth-order valence-electron chi connectivity index (χ4n) is 2.59. The van der Waals surface area contributed by atoms with Gasteiger partial charge in [0, 0.05) is 18.1 Å². The van der Waals surface area contributed by atoms with Crippen molar-refractivity contribution in [1.82, 2.24) is 4.90 Å². The van der Waals surface area contributed by atoms with Crippen LogP contribution in [0.25, 0.3) is 0 Å². The summed E-state index contributed by atoms with van der Waals surface area (Å²) in [6, 6.07) is -0.0145. The second-order valence-electron chi connectivity index (χ2n) is 5.98. The molecule has 0 aromatic heterocycles. The van der Waals surface area contributed by atoms with Gasteiger partial charge in [-0.15, -0.1) is 0 Å². The van der Waals surface area contributed by atoms with E-state index < -0.39 is 17.2 Å². The molecule has 0 unspecified atom stereocenters. The minimum absolute atomic E-state index is 0.0145. The number of nitrogens with zero attached hydrogens (tertiary/aromatic N) is 1. The monoisotopic (exact) mass is 244 g/mol. The molecule has 1 amide bonds. The molecule has 100 valence electrons. The SMILES string of the molecule is CC(C)(C)N(C(=O)O)C1CCC(O)(CN)CC1. The third-order valence-corrected chi connectivity index (χ3v) is 3.56. The lowest BCUT2D eigenvalue weighted by Crippen LogP contribution is -2.54. The molecule has 0 radical (unpaired) electrons. The first kappa shape index (κ1) is 14.3. The molecule has 0 aromatic rings. The van der Waals surface area contributed by atoms with Crippen LogP contribution in [0.3, 0.4) is 0 Å². The number of nitrogens with two attached hydrogens (primary N) is 1. The standard InChI is InChI=1S/C12H24N2O3/c1-11(2,3)14(10(15)16)9-4-6-12(17,8-13)7-5-9/h9,17H,4-8,13H2,1-3H3,(H,15,16). The first-order valence-electron chi connectivity index (χ1n) is 6.14. The van der Waals surface area contributed by atoms with E-state index in [1.165, 1.54) is 4.90 Å². The number of hydrogen-bond donors (Lipinski definition) is 3. The van der Waals surface area contributed by atoms with Crippen molar-refractivity contribution in [2.24, 2.45) is 5.73 Å². The van der Waals surface area contributed by atoms with E-state index in [9.17, 15) is 15.0 Å². The predicted octanol–water partition coefficient (Wildman–Crippen LogP) is 1.40. The number of hydrogen-bond acceptors (Lipinski definition) is 3. The highest BCUT2D eigenvalue weighted by Crippen LogP contribution is 2.33. The van der Waals surface area contributed by atoms with Crippen LogP contribution in [0.5, 0.6) is 0 Å². The summed E-state index contributed by atoms with van der Waals surface area (Å²) in [6.07, 6.45) is 1.62. The van der Waals surface area contributed by atoms with Crippen molar-refractivity contribution in [1.29, 1.82) is 0 Å². The molecule has 0 heterocycles. The molecule has 5 heteroatoms. The van der Waals surface area contributed by atoms with E-state index in [0.717, 1.165) is 0 Å². The summed E-state index contributed by atoms with van der Waals surface area (Å²) in [5.74, 6) is 0. The molecule has 0 spiro atoms. The van der Waals surface area contributed by atoms with E-state index in [-0.39, 0.29) is 12.6 Å². The van der Waals surface area contributed by atoms with Crippen molar-refractivity contribution in [2.75, 3.05) is 6.54 Å². The van der Waals surface area contributed by atoms with Gasteiger partial charge < -0.3 is 20.8 Å². The van der Waals surface area contributed by atoms with Crippen LogP contribution in [0, 0.1) is 0 Å². The van der Waals surface area contributed by atoms with E-state index in [1.54, 1.807) is 0 Å². The minimum atomic E-state index is -0.888. The Balaban J connectivity index is 2.72. The molecule has 1 saturated carbocycles. The fraction of sp³-hybridized carbons (Fsp3) is 0.917. The largest absolute Gasteiger partial charge is 0.465 e. The van der Waals surface area contributed by atoms with Gasteiger partial charge in [-0.2, -0.15) is 0 Å². The molecule has 0 aromatic carbocycles. The quantitative estimate of drug-likeness (QED) is 0.685. The van der Waals surface area contributed by atoms with E-state index in [2.05, 4.69) is 0 Å². The number of rotatable bonds is 2. The van der Waals surface area contributed by atoms with Gasteiger partial charge in [-0.1, -0.05) is 0 Å². The maximum absolute atomic E-state index is 11.3. The lowest BCUT2D eigenvalue weighted by molar-refractivity contribution is -0.0244. The fourth-order valence-corrected chi connectivity index (χ4v) is 2.59. The van der Waals surface area contributed by atoms with Crippen LogP contribution in [0.15, 0.2) is 0 Å². The average Bonchev–Trinajstić information content (AvgIpc) is 2.19. The van der Waals surface area contributed by atoms with Crippen molar-refractivity contribution in [3.8, 4) is 0 Å². The van der Waals surface area contributed by atoms with Crippen molar-refractivity contribution >= 4 is 6.09 Å². The van der Waals surface area contributed by atoms with Crippen LogP contribution in [0.1, 0.15) is 46.5 Å². The van der Waals surface area contributed by atoms with Crippen molar-refractivity contribution in [3.63, 3.8) is 0 Å². The highest BCUT2D eigenvalue weighted by molar-refractivity contribution is 5.66. The van der Waals surface area contributed by atoms with E-state index in [1.807, 2.05) is 20.8 Å². The van der Waals surface area contributed by atoms with Gasteiger partial charge in [0.1, 0.15) is 0 Å². The Kier molecular flexibility index (Phi) is 4.04. The van der Waals surface area contributed by atoms with Gasteiger partial charge >= 0.3 is 6.09 Å².